The van der Waals surface area contributed by atoms with Crippen LogP contribution in [0, 0.1) is 0 Å². The Morgan fingerprint density at radius 3 is 2.50 bits per heavy atom. The molecule has 1 aliphatic rings. The first-order valence-electron chi connectivity index (χ1n) is 3.63. The smallest absolute Gasteiger partial charge is 0.0825 e. The van der Waals surface area contributed by atoms with Gasteiger partial charge in [0.2, 0.25) is 0 Å². The Kier molecular flexibility index (Phi) is 2.28. The third-order valence-corrected chi connectivity index (χ3v) is 1.42. The molecule has 10 heavy (non-hydrogen) atoms. The molecule has 0 atom stereocenters. The van der Waals surface area contributed by atoms with Crippen LogP contribution < -0.4 is 5.32 Å². The van der Waals surface area contributed by atoms with Crippen LogP contribution in [0.15, 0.2) is 0 Å². The molecule has 0 saturated carbocycles. The molecule has 0 aromatic heterocycles. The Bertz CT molecular complexity index is 105. The van der Waals surface area contributed by atoms with E-state index in [4.69, 9.17) is 4.74 Å². The molecule has 0 aromatic rings. The maximum absolute atomic E-state index is 9.24. The second-order valence-corrected chi connectivity index (χ2v) is 3.40. The first-order valence-corrected chi connectivity index (χ1v) is 3.63. The fourth-order valence-corrected chi connectivity index (χ4v) is 0.702. The van der Waals surface area contributed by atoms with Gasteiger partial charge in [0, 0.05) is 13.1 Å². The lowest BCUT2D eigenvalue weighted by Gasteiger charge is -2.29. The summed E-state index contributed by atoms with van der Waals surface area (Å²) in [6, 6.07) is 0. The zero-order valence-corrected chi connectivity index (χ0v) is 6.55. The van der Waals surface area contributed by atoms with E-state index in [1.807, 2.05) is 0 Å². The Labute approximate surface area is 61.4 Å². The zero-order valence-electron chi connectivity index (χ0n) is 6.55. The molecular weight excluding hydrogens is 130 g/mol. The summed E-state index contributed by atoms with van der Waals surface area (Å²) in [5.41, 5.74) is -0.685. The number of hydrogen-bond donors (Lipinski definition) is 2. The largest absolute Gasteiger partial charge is 0.388 e. The van der Waals surface area contributed by atoms with Crippen LogP contribution in [-0.4, -0.2) is 36.5 Å². The van der Waals surface area contributed by atoms with Gasteiger partial charge in [-0.1, -0.05) is 0 Å². The lowest BCUT2D eigenvalue weighted by Crippen LogP contribution is -2.50. The second-order valence-electron chi connectivity index (χ2n) is 3.40. The van der Waals surface area contributed by atoms with Crippen LogP contribution in [0.25, 0.3) is 0 Å². The second kappa shape index (κ2) is 2.86. The number of rotatable bonds is 3. The maximum atomic E-state index is 9.24. The van der Waals surface area contributed by atoms with Crippen molar-refractivity contribution in [2.24, 2.45) is 0 Å². The summed E-state index contributed by atoms with van der Waals surface area (Å²) in [4.78, 5) is 0. The average Bonchev–Trinajstić information content (AvgIpc) is 1.56. The highest BCUT2D eigenvalue weighted by Gasteiger charge is 2.21. The minimum Gasteiger partial charge on any atom is -0.388 e. The van der Waals surface area contributed by atoms with Gasteiger partial charge in [-0.3, -0.25) is 0 Å². The Hall–Kier alpha value is -0.120. The third kappa shape index (κ3) is 2.64. The molecule has 0 aliphatic carbocycles. The number of ether oxygens (including phenoxy) is 1. The lowest BCUT2D eigenvalue weighted by atomic mass is 10.1. The molecule has 0 unspecified atom stereocenters. The lowest BCUT2D eigenvalue weighted by molar-refractivity contribution is -0.0669. The molecule has 60 valence electrons. The summed E-state index contributed by atoms with van der Waals surface area (Å²) < 4.78 is 5.33. The van der Waals surface area contributed by atoms with E-state index in [0.29, 0.717) is 12.7 Å². The summed E-state index contributed by atoms with van der Waals surface area (Å²) >= 11 is 0. The predicted octanol–water partition coefficient (Wildman–Crippen LogP) is -0.254. The molecule has 0 bridgehead atoms. The third-order valence-electron chi connectivity index (χ3n) is 1.42. The van der Waals surface area contributed by atoms with Gasteiger partial charge in [-0.2, -0.15) is 0 Å². The van der Waals surface area contributed by atoms with Crippen LogP contribution in [0.1, 0.15) is 13.8 Å². The van der Waals surface area contributed by atoms with Crippen molar-refractivity contribution in [1.29, 1.82) is 0 Å². The molecular formula is C7H15NO2. The van der Waals surface area contributed by atoms with Gasteiger partial charge in [0.05, 0.1) is 18.3 Å². The van der Waals surface area contributed by atoms with Crippen molar-refractivity contribution < 1.29 is 9.84 Å². The first kappa shape index (κ1) is 7.98. The summed E-state index contributed by atoms with van der Waals surface area (Å²) in [5, 5.41) is 12.3. The van der Waals surface area contributed by atoms with Crippen molar-refractivity contribution in [2.75, 3.05) is 19.7 Å². The van der Waals surface area contributed by atoms with Gasteiger partial charge < -0.3 is 15.2 Å². The summed E-state index contributed by atoms with van der Waals surface area (Å²) in [7, 11) is 0. The predicted molar refractivity (Wildman–Crippen MR) is 38.9 cm³/mol. The van der Waals surface area contributed by atoms with Crippen LogP contribution in [-0.2, 0) is 4.74 Å². The van der Waals surface area contributed by atoms with Gasteiger partial charge in [-0.15, -0.1) is 0 Å². The highest BCUT2D eigenvalue weighted by Crippen LogP contribution is 2.05. The molecule has 1 saturated heterocycles. The van der Waals surface area contributed by atoms with Crippen LogP contribution in [0.4, 0.5) is 0 Å². The molecule has 0 aromatic carbocycles. The summed E-state index contributed by atoms with van der Waals surface area (Å²) in [6.45, 7) is 5.78. The Morgan fingerprint density at radius 2 is 2.20 bits per heavy atom. The molecule has 1 aliphatic heterocycles. The van der Waals surface area contributed by atoms with Gasteiger partial charge in [0.15, 0.2) is 0 Å². The molecule has 1 fully saturated rings. The highest BCUT2D eigenvalue weighted by atomic mass is 16.5. The highest BCUT2D eigenvalue weighted by molar-refractivity contribution is 4.76. The van der Waals surface area contributed by atoms with E-state index >= 15 is 0 Å². The quantitative estimate of drug-likeness (QED) is 0.575. The molecule has 0 spiro atoms. The molecule has 1 rings (SSSR count). The number of hydrogen-bond acceptors (Lipinski definition) is 3. The fourth-order valence-electron chi connectivity index (χ4n) is 0.702. The molecule has 2 N–H and O–H groups in total. The van der Waals surface area contributed by atoms with Crippen molar-refractivity contribution in [3.8, 4) is 0 Å². The number of aliphatic hydroxyl groups is 1. The van der Waals surface area contributed by atoms with Gasteiger partial charge in [0.25, 0.3) is 0 Å². The number of nitrogens with one attached hydrogen (secondary N) is 1. The average molecular weight is 145 g/mol. The van der Waals surface area contributed by atoms with E-state index in [2.05, 4.69) is 5.32 Å². The SMILES string of the molecule is CC(C)(O)COC1CNC1. The van der Waals surface area contributed by atoms with Gasteiger partial charge >= 0.3 is 0 Å². The minimum atomic E-state index is -0.685. The molecule has 0 amide bonds. The van der Waals surface area contributed by atoms with Crippen LogP contribution in [0.5, 0.6) is 0 Å². The van der Waals surface area contributed by atoms with Crippen molar-refractivity contribution >= 4 is 0 Å². The minimum absolute atomic E-state index is 0.325. The summed E-state index contributed by atoms with van der Waals surface area (Å²) in [5.74, 6) is 0. The molecule has 1 heterocycles. The topological polar surface area (TPSA) is 41.5 Å². The summed E-state index contributed by atoms with van der Waals surface area (Å²) in [6.07, 6.45) is 0.325. The van der Waals surface area contributed by atoms with Gasteiger partial charge in [-0.25, -0.2) is 0 Å². The van der Waals surface area contributed by atoms with Gasteiger partial charge in [0.1, 0.15) is 0 Å². The van der Waals surface area contributed by atoms with Crippen molar-refractivity contribution in [2.45, 2.75) is 25.6 Å². The Balaban J connectivity index is 2.04. The van der Waals surface area contributed by atoms with E-state index < -0.39 is 5.60 Å². The van der Waals surface area contributed by atoms with Gasteiger partial charge in [-0.05, 0) is 13.8 Å². The van der Waals surface area contributed by atoms with Crippen molar-refractivity contribution in [3.63, 3.8) is 0 Å². The standard InChI is InChI=1S/C7H15NO2/c1-7(2,9)5-10-6-3-8-4-6/h6,8-9H,3-5H2,1-2H3. The van der Waals surface area contributed by atoms with E-state index in [1.54, 1.807) is 13.8 Å². The zero-order chi connectivity index (χ0) is 7.61. The van der Waals surface area contributed by atoms with Crippen molar-refractivity contribution in [1.82, 2.24) is 5.32 Å². The fraction of sp³-hybridized carbons (Fsp3) is 1.00. The normalized spacial score (nSPS) is 20.7. The Morgan fingerprint density at radius 1 is 1.60 bits per heavy atom. The molecule has 3 heteroatoms. The maximum Gasteiger partial charge on any atom is 0.0825 e. The van der Waals surface area contributed by atoms with Crippen LogP contribution >= 0.6 is 0 Å². The first-order chi connectivity index (χ1) is 4.58. The van der Waals surface area contributed by atoms with Crippen LogP contribution in [0.3, 0.4) is 0 Å². The van der Waals surface area contributed by atoms with E-state index in [-0.39, 0.29) is 0 Å². The van der Waals surface area contributed by atoms with E-state index in [0.717, 1.165) is 13.1 Å². The van der Waals surface area contributed by atoms with Crippen molar-refractivity contribution in [3.05, 3.63) is 0 Å². The molecule has 0 radical (unpaired) electrons. The monoisotopic (exact) mass is 145 g/mol. The van der Waals surface area contributed by atoms with E-state index in [1.165, 1.54) is 0 Å². The van der Waals surface area contributed by atoms with Crippen LogP contribution in [0.2, 0.25) is 0 Å². The molecule has 3 nitrogen and oxygen atoms in total. The van der Waals surface area contributed by atoms with E-state index in [9.17, 15) is 5.11 Å².